The molecule has 2 aromatic carbocycles. The maximum Gasteiger partial charge on any atom is 0.416 e. The van der Waals surface area contributed by atoms with Crippen molar-refractivity contribution >= 4 is 11.3 Å². The van der Waals surface area contributed by atoms with E-state index in [9.17, 15) is 13.2 Å². The lowest BCUT2D eigenvalue weighted by Crippen LogP contribution is -2.16. The van der Waals surface area contributed by atoms with E-state index in [1.807, 2.05) is 48.7 Å². The van der Waals surface area contributed by atoms with Crippen LogP contribution >= 0.6 is 0 Å². The Hall–Kier alpha value is -2.75. The third-order valence-electron chi connectivity index (χ3n) is 3.61. The molecule has 0 N–H and O–H groups in total. The van der Waals surface area contributed by atoms with Crippen LogP contribution in [0.3, 0.4) is 0 Å². The Morgan fingerprint density at radius 2 is 1.48 bits per heavy atom. The molecular formula is C19H14F3N. The monoisotopic (exact) mass is 313 g/mol. The number of anilines is 1. The van der Waals surface area contributed by atoms with E-state index in [1.165, 1.54) is 12.1 Å². The minimum absolute atomic E-state index is 0.640. The van der Waals surface area contributed by atoms with Crippen LogP contribution in [0.5, 0.6) is 0 Å². The van der Waals surface area contributed by atoms with Gasteiger partial charge in [-0.2, -0.15) is 13.2 Å². The molecule has 3 rings (SSSR count). The molecule has 0 saturated heterocycles. The Kier molecular flexibility index (Phi) is 3.82. The molecular weight excluding hydrogens is 299 g/mol. The molecule has 0 radical (unpaired) electrons. The zero-order valence-corrected chi connectivity index (χ0v) is 12.2. The molecule has 1 aliphatic rings. The van der Waals surface area contributed by atoms with Gasteiger partial charge in [-0.15, -0.1) is 0 Å². The van der Waals surface area contributed by atoms with Crippen LogP contribution < -0.4 is 4.90 Å². The molecule has 23 heavy (non-hydrogen) atoms. The summed E-state index contributed by atoms with van der Waals surface area (Å²) in [7, 11) is 0. The molecule has 116 valence electrons. The SMILES string of the molecule is C=C1C=CC(c2ccccc2)=CN1c1ccc(C(F)(F)F)cc1. The number of alkyl halides is 3. The number of allylic oxidation sites excluding steroid dienone is 3. The lowest BCUT2D eigenvalue weighted by molar-refractivity contribution is -0.137. The van der Waals surface area contributed by atoms with Gasteiger partial charge >= 0.3 is 6.18 Å². The first-order chi connectivity index (χ1) is 10.9. The summed E-state index contributed by atoms with van der Waals surface area (Å²) in [6.07, 6.45) is 1.33. The van der Waals surface area contributed by atoms with Crippen molar-refractivity contribution in [2.24, 2.45) is 0 Å². The highest BCUT2D eigenvalue weighted by Gasteiger charge is 2.30. The summed E-state index contributed by atoms with van der Waals surface area (Å²) >= 11 is 0. The molecule has 0 atom stereocenters. The lowest BCUT2D eigenvalue weighted by atomic mass is 10.0. The van der Waals surface area contributed by atoms with Gasteiger partial charge in [0.1, 0.15) is 0 Å². The average molecular weight is 313 g/mol. The van der Waals surface area contributed by atoms with Gasteiger partial charge in [0.25, 0.3) is 0 Å². The normalized spacial score (nSPS) is 14.8. The average Bonchev–Trinajstić information content (AvgIpc) is 2.55. The van der Waals surface area contributed by atoms with Crippen LogP contribution in [0.1, 0.15) is 11.1 Å². The van der Waals surface area contributed by atoms with Crippen LogP contribution in [0.2, 0.25) is 0 Å². The fourth-order valence-corrected chi connectivity index (χ4v) is 2.38. The standard InChI is InChI=1S/C19H14F3N/c1-14-7-8-16(15-5-3-2-4-6-15)13-23(14)18-11-9-17(10-12-18)19(20,21)22/h2-13H,1H2. The molecule has 0 aromatic heterocycles. The predicted molar refractivity (Wildman–Crippen MR) is 86.6 cm³/mol. The summed E-state index contributed by atoms with van der Waals surface area (Å²) in [6.45, 7) is 3.94. The van der Waals surface area contributed by atoms with Gasteiger partial charge in [-0.25, -0.2) is 0 Å². The highest BCUT2D eigenvalue weighted by Crippen LogP contribution is 2.33. The zero-order chi connectivity index (χ0) is 16.4. The first-order valence-electron chi connectivity index (χ1n) is 7.06. The van der Waals surface area contributed by atoms with Crippen molar-refractivity contribution in [2.75, 3.05) is 4.90 Å². The van der Waals surface area contributed by atoms with Crippen LogP contribution in [0, 0.1) is 0 Å². The van der Waals surface area contributed by atoms with Gasteiger partial charge in [0.05, 0.1) is 5.56 Å². The maximum absolute atomic E-state index is 12.7. The summed E-state index contributed by atoms with van der Waals surface area (Å²) in [5.41, 5.74) is 2.68. The van der Waals surface area contributed by atoms with Gasteiger partial charge < -0.3 is 4.90 Å². The van der Waals surface area contributed by atoms with Crippen molar-refractivity contribution in [3.63, 3.8) is 0 Å². The summed E-state index contributed by atoms with van der Waals surface area (Å²) < 4.78 is 38.0. The molecule has 0 amide bonds. The molecule has 0 aliphatic carbocycles. The number of nitrogens with zero attached hydrogens (tertiary/aromatic N) is 1. The Bertz CT molecular complexity index is 769. The number of rotatable bonds is 2. The topological polar surface area (TPSA) is 3.24 Å². The van der Waals surface area contributed by atoms with E-state index >= 15 is 0 Å². The van der Waals surface area contributed by atoms with Gasteiger partial charge in [0, 0.05) is 17.6 Å². The predicted octanol–water partition coefficient (Wildman–Crippen LogP) is 5.64. The Balaban J connectivity index is 1.94. The maximum atomic E-state index is 12.7. The van der Waals surface area contributed by atoms with Gasteiger partial charge in [-0.05, 0) is 41.5 Å². The number of hydrogen-bond donors (Lipinski definition) is 0. The Morgan fingerprint density at radius 3 is 2.09 bits per heavy atom. The molecule has 0 saturated carbocycles. The van der Waals surface area contributed by atoms with Crippen molar-refractivity contribution in [1.82, 2.24) is 0 Å². The minimum atomic E-state index is -4.33. The number of benzene rings is 2. The first kappa shape index (κ1) is 15.2. The van der Waals surface area contributed by atoms with Crippen LogP contribution in [0.4, 0.5) is 18.9 Å². The minimum Gasteiger partial charge on any atom is -0.317 e. The largest absolute Gasteiger partial charge is 0.416 e. The van der Waals surface area contributed by atoms with E-state index in [0.717, 1.165) is 23.3 Å². The van der Waals surface area contributed by atoms with Gasteiger partial charge in [0.2, 0.25) is 0 Å². The van der Waals surface area contributed by atoms with Crippen molar-refractivity contribution in [3.8, 4) is 0 Å². The molecule has 0 bridgehead atoms. The van der Waals surface area contributed by atoms with E-state index in [0.29, 0.717) is 11.4 Å². The van der Waals surface area contributed by atoms with Crippen molar-refractivity contribution in [3.05, 3.63) is 96.4 Å². The second kappa shape index (κ2) is 5.80. The van der Waals surface area contributed by atoms with Gasteiger partial charge in [-0.1, -0.05) is 43.0 Å². The molecule has 0 fully saturated rings. The Morgan fingerprint density at radius 1 is 0.826 bits per heavy atom. The van der Waals surface area contributed by atoms with E-state index in [4.69, 9.17) is 0 Å². The third-order valence-corrected chi connectivity index (χ3v) is 3.61. The molecule has 0 spiro atoms. The van der Waals surface area contributed by atoms with E-state index in [-0.39, 0.29) is 0 Å². The third kappa shape index (κ3) is 3.21. The van der Waals surface area contributed by atoms with Gasteiger partial charge in [0.15, 0.2) is 0 Å². The fourth-order valence-electron chi connectivity index (χ4n) is 2.38. The summed E-state index contributed by atoms with van der Waals surface area (Å²) in [5.74, 6) is 0. The van der Waals surface area contributed by atoms with Crippen molar-refractivity contribution in [1.29, 1.82) is 0 Å². The van der Waals surface area contributed by atoms with Crippen molar-refractivity contribution in [2.45, 2.75) is 6.18 Å². The molecule has 2 aromatic rings. The van der Waals surface area contributed by atoms with E-state index < -0.39 is 11.7 Å². The summed E-state index contributed by atoms with van der Waals surface area (Å²) in [5, 5.41) is 0. The lowest BCUT2D eigenvalue weighted by Gasteiger charge is -2.25. The zero-order valence-electron chi connectivity index (χ0n) is 12.2. The fraction of sp³-hybridized carbons (Fsp3) is 0.0526. The first-order valence-corrected chi connectivity index (χ1v) is 7.06. The Labute approximate surface area is 132 Å². The number of halogens is 3. The van der Waals surface area contributed by atoms with Crippen LogP contribution in [0.15, 0.2) is 85.2 Å². The number of hydrogen-bond acceptors (Lipinski definition) is 1. The second-order valence-corrected chi connectivity index (χ2v) is 5.19. The van der Waals surface area contributed by atoms with Crippen molar-refractivity contribution < 1.29 is 13.2 Å². The summed E-state index contributed by atoms with van der Waals surface area (Å²) in [6, 6.07) is 14.8. The molecule has 1 aliphatic heterocycles. The molecule has 1 heterocycles. The van der Waals surface area contributed by atoms with E-state index in [2.05, 4.69) is 6.58 Å². The smallest absolute Gasteiger partial charge is 0.317 e. The molecule has 1 nitrogen and oxygen atoms in total. The van der Waals surface area contributed by atoms with Crippen LogP contribution in [0.25, 0.3) is 5.57 Å². The van der Waals surface area contributed by atoms with Crippen LogP contribution in [-0.4, -0.2) is 0 Å². The highest BCUT2D eigenvalue weighted by molar-refractivity contribution is 5.80. The highest BCUT2D eigenvalue weighted by atomic mass is 19.4. The van der Waals surface area contributed by atoms with Crippen LogP contribution in [-0.2, 0) is 6.18 Å². The van der Waals surface area contributed by atoms with E-state index in [1.54, 1.807) is 4.90 Å². The quantitative estimate of drug-likeness (QED) is 0.694. The molecule has 0 unspecified atom stereocenters. The second-order valence-electron chi connectivity index (χ2n) is 5.19. The van der Waals surface area contributed by atoms with Gasteiger partial charge in [-0.3, -0.25) is 0 Å². The molecule has 4 heteroatoms. The summed E-state index contributed by atoms with van der Waals surface area (Å²) in [4.78, 5) is 1.78.